The Bertz CT molecular complexity index is 184. The Hall–Kier alpha value is -0.0200. The van der Waals surface area contributed by atoms with Crippen LogP contribution in [0.4, 0.5) is 0 Å². The van der Waals surface area contributed by atoms with E-state index in [1.807, 2.05) is 11.8 Å². The number of Topliss-reactive ketones (excluding diaryl/α,β-unsaturated/α-hetero) is 1. The molecule has 3 heteroatoms. The van der Waals surface area contributed by atoms with Gasteiger partial charge in [0.1, 0.15) is 5.78 Å². The summed E-state index contributed by atoms with van der Waals surface area (Å²) >= 11 is 1.88. The average molecular weight is 215 g/mol. The number of carbonyl (C=O) groups is 1. The quantitative estimate of drug-likeness (QED) is 0.676. The summed E-state index contributed by atoms with van der Waals surface area (Å²) in [7, 11) is 2.15. The second kappa shape index (κ2) is 6.46. The van der Waals surface area contributed by atoms with Crippen LogP contribution < -0.4 is 0 Å². The molecule has 0 heterocycles. The molecule has 0 aromatic carbocycles. The van der Waals surface area contributed by atoms with Crippen LogP contribution in [0.3, 0.4) is 0 Å². The Morgan fingerprint density at radius 1 is 1.50 bits per heavy atom. The molecular formula is C11H21NOS. The van der Waals surface area contributed by atoms with E-state index >= 15 is 0 Å². The van der Waals surface area contributed by atoms with Gasteiger partial charge >= 0.3 is 0 Å². The lowest BCUT2D eigenvalue weighted by molar-refractivity contribution is -0.120. The van der Waals surface area contributed by atoms with Crippen molar-refractivity contribution >= 4 is 17.5 Å². The van der Waals surface area contributed by atoms with Gasteiger partial charge in [0.2, 0.25) is 0 Å². The largest absolute Gasteiger partial charge is 0.306 e. The number of rotatable bonds is 6. The summed E-state index contributed by atoms with van der Waals surface area (Å²) in [6.45, 7) is 2.22. The molecule has 1 saturated carbocycles. The Morgan fingerprint density at radius 3 is 2.86 bits per heavy atom. The maximum Gasteiger partial charge on any atom is 0.136 e. The zero-order chi connectivity index (χ0) is 10.4. The van der Waals surface area contributed by atoms with E-state index in [1.54, 1.807) is 0 Å². The summed E-state index contributed by atoms with van der Waals surface area (Å²) in [6, 6.07) is 0. The number of hydrogen-bond acceptors (Lipinski definition) is 3. The predicted molar refractivity (Wildman–Crippen MR) is 62.8 cm³/mol. The first-order valence-corrected chi connectivity index (χ1v) is 6.83. The minimum atomic E-state index is 0.381. The first kappa shape index (κ1) is 12.1. The summed E-state index contributed by atoms with van der Waals surface area (Å²) in [4.78, 5) is 13.7. The summed E-state index contributed by atoms with van der Waals surface area (Å²) in [6.07, 6.45) is 6.30. The van der Waals surface area contributed by atoms with Crippen molar-refractivity contribution in [1.82, 2.24) is 4.90 Å². The normalized spacial score (nSPS) is 22.2. The fourth-order valence-corrected chi connectivity index (χ4v) is 2.42. The van der Waals surface area contributed by atoms with Crippen LogP contribution in [0.15, 0.2) is 0 Å². The molecule has 0 spiro atoms. The highest BCUT2D eigenvalue weighted by molar-refractivity contribution is 7.98. The van der Waals surface area contributed by atoms with Crippen molar-refractivity contribution in [1.29, 1.82) is 0 Å². The van der Waals surface area contributed by atoms with Crippen LogP contribution in [0, 0.1) is 5.92 Å². The Morgan fingerprint density at radius 2 is 2.29 bits per heavy atom. The van der Waals surface area contributed by atoms with E-state index in [0.29, 0.717) is 11.7 Å². The third-order valence-electron chi connectivity index (χ3n) is 2.97. The molecule has 1 rings (SSSR count). The Labute approximate surface area is 91.4 Å². The van der Waals surface area contributed by atoms with E-state index < -0.39 is 0 Å². The lowest BCUT2D eigenvalue weighted by Crippen LogP contribution is -2.25. The van der Waals surface area contributed by atoms with E-state index in [0.717, 1.165) is 38.8 Å². The molecule has 1 atom stereocenters. The van der Waals surface area contributed by atoms with Crippen molar-refractivity contribution in [2.45, 2.75) is 25.7 Å². The molecule has 0 saturated heterocycles. The van der Waals surface area contributed by atoms with Gasteiger partial charge < -0.3 is 4.90 Å². The van der Waals surface area contributed by atoms with Gasteiger partial charge in [-0.2, -0.15) is 11.8 Å². The third kappa shape index (κ3) is 4.01. The molecule has 0 aromatic rings. The van der Waals surface area contributed by atoms with E-state index in [4.69, 9.17) is 0 Å². The zero-order valence-corrected chi connectivity index (χ0v) is 10.1. The van der Waals surface area contributed by atoms with Gasteiger partial charge in [0.05, 0.1) is 0 Å². The van der Waals surface area contributed by atoms with Crippen molar-refractivity contribution in [3.63, 3.8) is 0 Å². The fraction of sp³-hybridized carbons (Fsp3) is 0.909. The van der Waals surface area contributed by atoms with Crippen molar-refractivity contribution in [2.75, 3.05) is 32.1 Å². The van der Waals surface area contributed by atoms with Gasteiger partial charge in [0, 0.05) is 24.6 Å². The first-order valence-electron chi connectivity index (χ1n) is 5.44. The summed E-state index contributed by atoms with van der Waals surface area (Å²) in [5.74, 6) is 2.07. The second-order valence-electron chi connectivity index (χ2n) is 4.14. The number of nitrogens with zero attached hydrogens (tertiary/aromatic N) is 1. The lowest BCUT2D eigenvalue weighted by atomic mass is 10.0. The molecule has 0 aromatic heterocycles. The van der Waals surface area contributed by atoms with Crippen molar-refractivity contribution in [3.8, 4) is 0 Å². The van der Waals surface area contributed by atoms with Crippen molar-refractivity contribution in [3.05, 3.63) is 0 Å². The summed E-state index contributed by atoms with van der Waals surface area (Å²) in [5.41, 5.74) is 0. The molecule has 0 aliphatic heterocycles. The minimum Gasteiger partial charge on any atom is -0.306 e. The van der Waals surface area contributed by atoms with Crippen LogP contribution in [0.25, 0.3) is 0 Å². The summed E-state index contributed by atoms with van der Waals surface area (Å²) in [5, 5.41) is 0. The standard InChI is InChI=1S/C11H21NOS/c1-12(8-9-14-2)7-6-10-4-3-5-11(10)13/h10H,3-9H2,1-2H3. The highest BCUT2D eigenvalue weighted by Gasteiger charge is 2.23. The Balaban J connectivity index is 2.10. The van der Waals surface area contributed by atoms with Gasteiger partial charge in [-0.15, -0.1) is 0 Å². The van der Waals surface area contributed by atoms with E-state index in [2.05, 4.69) is 18.2 Å². The van der Waals surface area contributed by atoms with Gasteiger partial charge in [-0.3, -0.25) is 4.79 Å². The smallest absolute Gasteiger partial charge is 0.136 e. The molecule has 1 unspecified atom stereocenters. The molecular weight excluding hydrogens is 194 g/mol. The Kier molecular flexibility index (Phi) is 5.56. The predicted octanol–water partition coefficient (Wildman–Crippen LogP) is 2.04. The topological polar surface area (TPSA) is 20.3 Å². The molecule has 0 amide bonds. The molecule has 82 valence electrons. The van der Waals surface area contributed by atoms with Gasteiger partial charge in [0.25, 0.3) is 0 Å². The average Bonchev–Trinajstić information content (AvgIpc) is 2.58. The van der Waals surface area contributed by atoms with Crippen LogP contribution in [0.5, 0.6) is 0 Å². The second-order valence-corrected chi connectivity index (χ2v) is 5.13. The molecule has 2 nitrogen and oxygen atoms in total. The van der Waals surface area contributed by atoms with Gasteiger partial charge in [-0.05, 0) is 39.1 Å². The van der Waals surface area contributed by atoms with Crippen LogP contribution in [-0.4, -0.2) is 42.8 Å². The molecule has 14 heavy (non-hydrogen) atoms. The molecule has 0 N–H and O–H groups in total. The maximum absolute atomic E-state index is 11.4. The zero-order valence-electron chi connectivity index (χ0n) is 9.29. The van der Waals surface area contributed by atoms with Crippen LogP contribution in [0.2, 0.25) is 0 Å². The highest BCUT2D eigenvalue weighted by atomic mass is 32.2. The number of thioether (sulfide) groups is 1. The number of ketones is 1. The van der Waals surface area contributed by atoms with E-state index in [-0.39, 0.29) is 0 Å². The molecule has 1 aliphatic rings. The van der Waals surface area contributed by atoms with Crippen molar-refractivity contribution in [2.24, 2.45) is 5.92 Å². The van der Waals surface area contributed by atoms with Gasteiger partial charge in [-0.1, -0.05) is 0 Å². The van der Waals surface area contributed by atoms with Crippen molar-refractivity contribution < 1.29 is 4.79 Å². The minimum absolute atomic E-state index is 0.381. The third-order valence-corrected chi connectivity index (χ3v) is 3.56. The van der Waals surface area contributed by atoms with Crippen LogP contribution >= 0.6 is 11.8 Å². The molecule has 0 radical (unpaired) electrons. The molecule has 1 fully saturated rings. The van der Waals surface area contributed by atoms with E-state index in [1.165, 1.54) is 5.75 Å². The van der Waals surface area contributed by atoms with Crippen LogP contribution in [0.1, 0.15) is 25.7 Å². The monoisotopic (exact) mass is 215 g/mol. The molecule has 0 bridgehead atoms. The highest BCUT2D eigenvalue weighted by Crippen LogP contribution is 2.24. The number of carbonyl (C=O) groups excluding carboxylic acids is 1. The molecule has 1 aliphatic carbocycles. The number of hydrogen-bond donors (Lipinski definition) is 0. The summed E-state index contributed by atoms with van der Waals surface area (Å²) < 4.78 is 0. The van der Waals surface area contributed by atoms with Gasteiger partial charge in [0.15, 0.2) is 0 Å². The van der Waals surface area contributed by atoms with E-state index in [9.17, 15) is 4.79 Å². The van der Waals surface area contributed by atoms with Gasteiger partial charge in [-0.25, -0.2) is 0 Å². The fourth-order valence-electron chi connectivity index (χ4n) is 1.93. The van der Waals surface area contributed by atoms with Crippen LogP contribution in [-0.2, 0) is 4.79 Å². The maximum atomic E-state index is 11.4. The SMILES string of the molecule is CSCCN(C)CCC1CCCC1=O. The first-order chi connectivity index (χ1) is 6.74. The lowest BCUT2D eigenvalue weighted by Gasteiger charge is -2.17.